The quantitative estimate of drug-likeness (QED) is 0.864. The second kappa shape index (κ2) is 6.68. The molecule has 3 N–H and O–H groups in total. The van der Waals surface area contributed by atoms with E-state index in [4.69, 9.17) is 10.5 Å². The van der Waals surface area contributed by atoms with Crippen LogP contribution in [-0.4, -0.2) is 24.5 Å². The third kappa shape index (κ3) is 3.13. The van der Waals surface area contributed by atoms with Gasteiger partial charge in [-0.3, -0.25) is 9.78 Å². The highest BCUT2D eigenvalue weighted by Crippen LogP contribution is 2.18. The van der Waals surface area contributed by atoms with Crippen molar-refractivity contribution in [2.45, 2.75) is 6.04 Å². The standard InChI is InChI=1S/C15H17N3O2/c1-20-14-10-17-8-7-12(14)15(19)18-13(9-16)11-5-3-2-4-6-11/h2-8,10,13H,9,16H2,1H3,(H,18,19). The van der Waals surface area contributed by atoms with E-state index >= 15 is 0 Å². The van der Waals surface area contributed by atoms with Crippen LogP contribution in [-0.2, 0) is 0 Å². The van der Waals surface area contributed by atoms with Crippen molar-refractivity contribution in [2.24, 2.45) is 5.73 Å². The predicted octanol–water partition coefficient (Wildman–Crippen LogP) is 1.52. The number of pyridine rings is 1. The molecular formula is C15H17N3O2. The highest BCUT2D eigenvalue weighted by Gasteiger charge is 2.17. The Morgan fingerprint density at radius 1 is 1.35 bits per heavy atom. The zero-order valence-corrected chi connectivity index (χ0v) is 11.2. The maximum absolute atomic E-state index is 12.3. The van der Waals surface area contributed by atoms with E-state index in [0.29, 0.717) is 17.9 Å². The van der Waals surface area contributed by atoms with Crippen molar-refractivity contribution >= 4 is 5.91 Å². The lowest BCUT2D eigenvalue weighted by molar-refractivity contribution is 0.0934. The number of aromatic nitrogens is 1. The molecule has 20 heavy (non-hydrogen) atoms. The molecule has 1 aromatic heterocycles. The van der Waals surface area contributed by atoms with Crippen molar-refractivity contribution < 1.29 is 9.53 Å². The second-order valence-corrected chi connectivity index (χ2v) is 4.25. The first-order valence-corrected chi connectivity index (χ1v) is 6.30. The van der Waals surface area contributed by atoms with Gasteiger partial charge in [-0.25, -0.2) is 0 Å². The van der Waals surface area contributed by atoms with Crippen LogP contribution in [0.4, 0.5) is 0 Å². The third-order valence-corrected chi connectivity index (χ3v) is 2.99. The Labute approximate surface area is 117 Å². The summed E-state index contributed by atoms with van der Waals surface area (Å²) in [7, 11) is 1.51. The fourth-order valence-corrected chi connectivity index (χ4v) is 1.93. The van der Waals surface area contributed by atoms with E-state index in [0.717, 1.165) is 5.56 Å². The predicted molar refractivity (Wildman–Crippen MR) is 76.5 cm³/mol. The number of carbonyl (C=O) groups excluding carboxylic acids is 1. The zero-order chi connectivity index (χ0) is 14.4. The molecule has 0 saturated carbocycles. The van der Waals surface area contributed by atoms with Crippen LogP contribution in [0.15, 0.2) is 48.8 Å². The van der Waals surface area contributed by atoms with Crippen molar-refractivity contribution in [2.75, 3.05) is 13.7 Å². The van der Waals surface area contributed by atoms with Gasteiger partial charge in [0.15, 0.2) is 0 Å². The molecule has 0 radical (unpaired) electrons. The molecule has 0 aliphatic heterocycles. The monoisotopic (exact) mass is 271 g/mol. The molecule has 1 aromatic carbocycles. The van der Waals surface area contributed by atoms with Crippen molar-refractivity contribution in [3.05, 3.63) is 59.9 Å². The van der Waals surface area contributed by atoms with Gasteiger partial charge >= 0.3 is 0 Å². The molecule has 104 valence electrons. The molecular weight excluding hydrogens is 254 g/mol. The van der Waals surface area contributed by atoms with Crippen LogP contribution < -0.4 is 15.8 Å². The molecule has 0 aliphatic rings. The Balaban J connectivity index is 2.18. The molecule has 2 aromatic rings. The summed E-state index contributed by atoms with van der Waals surface area (Å²) in [6.07, 6.45) is 3.06. The van der Waals surface area contributed by atoms with Gasteiger partial charge < -0.3 is 15.8 Å². The number of nitrogens with one attached hydrogen (secondary N) is 1. The van der Waals surface area contributed by atoms with Crippen molar-refractivity contribution in [3.8, 4) is 5.75 Å². The first-order chi connectivity index (χ1) is 9.76. The van der Waals surface area contributed by atoms with Gasteiger partial charge in [-0.2, -0.15) is 0 Å². The summed E-state index contributed by atoms with van der Waals surface area (Å²) in [5.41, 5.74) is 7.15. The molecule has 1 unspecified atom stereocenters. The van der Waals surface area contributed by atoms with Crippen molar-refractivity contribution in [1.29, 1.82) is 0 Å². The minimum atomic E-state index is -0.235. The summed E-state index contributed by atoms with van der Waals surface area (Å²) in [4.78, 5) is 16.2. The van der Waals surface area contributed by atoms with Crippen LogP contribution in [0.5, 0.6) is 5.75 Å². The summed E-state index contributed by atoms with van der Waals surface area (Å²) in [5.74, 6) is 0.206. The first-order valence-electron chi connectivity index (χ1n) is 6.30. The van der Waals surface area contributed by atoms with Gasteiger partial charge in [0.2, 0.25) is 0 Å². The van der Waals surface area contributed by atoms with Gasteiger partial charge in [-0.15, -0.1) is 0 Å². The highest BCUT2D eigenvalue weighted by atomic mass is 16.5. The lowest BCUT2D eigenvalue weighted by atomic mass is 10.1. The molecule has 2 rings (SSSR count). The lowest BCUT2D eigenvalue weighted by Crippen LogP contribution is -2.33. The SMILES string of the molecule is COc1cnccc1C(=O)NC(CN)c1ccccc1. The summed E-state index contributed by atoms with van der Waals surface area (Å²) < 4.78 is 5.13. The Hall–Kier alpha value is -2.40. The van der Waals surface area contributed by atoms with Crippen LogP contribution in [0.2, 0.25) is 0 Å². The first kappa shape index (κ1) is 14.0. The minimum Gasteiger partial charge on any atom is -0.494 e. The number of nitrogens with two attached hydrogens (primary N) is 1. The van der Waals surface area contributed by atoms with Gasteiger partial charge in [-0.1, -0.05) is 30.3 Å². The third-order valence-electron chi connectivity index (χ3n) is 2.99. The van der Waals surface area contributed by atoms with E-state index in [9.17, 15) is 4.79 Å². The summed E-state index contributed by atoms with van der Waals surface area (Å²) in [6.45, 7) is 0.323. The van der Waals surface area contributed by atoms with Crippen LogP contribution in [0.3, 0.4) is 0 Å². The maximum Gasteiger partial charge on any atom is 0.255 e. The van der Waals surface area contributed by atoms with Crippen LogP contribution in [0.1, 0.15) is 22.0 Å². The van der Waals surface area contributed by atoms with Gasteiger partial charge in [0.05, 0.1) is 24.9 Å². The molecule has 5 nitrogen and oxygen atoms in total. The van der Waals surface area contributed by atoms with Gasteiger partial charge in [0.1, 0.15) is 5.75 Å². The molecule has 0 bridgehead atoms. The van der Waals surface area contributed by atoms with Gasteiger partial charge in [0.25, 0.3) is 5.91 Å². The molecule has 5 heteroatoms. The fourth-order valence-electron chi connectivity index (χ4n) is 1.93. The number of ether oxygens (including phenoxy) is 1. The largest absolute Gasteiger partial charge is 0.494 e. The van der Waals surface area contributed by atoms with E-state index in [2.05, 4.69) is 10.3 Å². The second-order valence-electron chi connectivity index (χ2n) is 4.25. The number of benzene rings is 1. The van der Waals surface area contributed by atoms with Crippen molar-refractivity contribution in [1.82, 2.24) is 10.3 Å². The molecule has 0 aliphatic carbocycles. The number of amides is 1. The Morgan fingerprint density at radius 2 is 2.10 bits per heavy atom. The molecule has 1 amide bonds. The van der Waals surface area contributed by atoms with E-state index in [-0.39, 0.29) is 11.9 Å². The van der Waals surface area contributed by atoms with Crippen LogP contribution >= 0.6 is 0 Å². The number of methoxy groups -OCH3 is 1. The average Bonchev–Trinajstić information content (AvgIpc) is 2.53. The Bertz CT molecular complexity index is 572. The van der Waals surface area contributed by atoms with Crippen LogP contribution in [0, 0.1) is 0 Å². The van der Waals surface area contributed by atoms with E-state index in [1.807, 2.05) is 30.3 Å². The molecule has 0 saturated heterocycles. The molecule has 0 fully saturated rings. The van der Waals surface area contributed by atoms with Crippen LogP contribution in [0.25, 0.3) is 0 Å². The van der Waals surface area contributed by atoms with Gasteiger partial charge in [0, 0.05) is 12.7 Å². The Morgan fingerprint density at radius 3 is 2.75 bits per heavy atom. The topological polar surface area (TPSA) is 77.2 Å². The van der Waals surface area contributed by atoms with Gasteiger partial charge in [-0.05, 0) is 11.6 Å². The van der Waals surface area contributed by atoms with E-state index in [1.165, 1.54) is 13.3 Å². The summed E-state index contributed by atoms with van der Waals surface area (Å²) in [6, 6.07) is 11.0. The minimum absolute atomic E-state index is 0.233. The average molecular weight is 271 g/mol. The number of carbonyl (C=O) groups is 1. The number of hydrogen-bond donors (Lipinski definition) is 2. The lowest BCUT2D eigenvalue weighted by Gasteiger charge is -2.18. The number of rotatable bonds is 5. The fraction of sp³-hybridized carbons (Fsp3) is 0.200. The number of nitrogens with zero attached hydrogens (tertiary/aromatic N) is 1. The maximum atomic E-state index is 12.3. The Kier molecular flexibility index (Phi) is 4.68. The van der Waals surface area contributed by atoms with Crippen molar-refractivity contribution in [3.63, 3.8) is 0 Å². The van der Waals surface area contributed by atoms with E-state index in [1.54, 1.807) is 12.3 Å². The van der Waals surface area contributed by atoms with E-state index < -0.39 is 0 Å². The molecule has 1 heterocycles. The smallest absolute Gasteiger partial charge is 0.255 e. The zero-order valence-electron chi connectivity index (χ0n) is 11.2. The summed E-state index contributed by atoms with van der Waals surface area (Å²) >= 11 is 0. The number of hydrogen-bond acceptors (Lipinski definition) is 4. The highest BCUT2D eigenvalue weighted by molar-refractivity contribution is 5.97. The molecule has 0 spiro atoms. The normalized spacial score (nSPS) is 11.7. The summed E-state index contributed by atoms with van der Waals surface area (Å²) in [5, 5.41) is 2.90. The molecule has 1 atom stereocenters.